The first kappa shape index (κ1) is 18.2. The number of hydrogen-bond acceptors (Lipinski definition) is 6. The second kappa shape index (κ2) is 8.18. The van der Waals surface area contributed by atoms with Crippen molar-refractivity contribution in [1.29, 1.82) is 0 Å². The Bertz CT molecular complexity index is 891. The molecule has 1 aromatic carbocycles. The summed E-state index contributed by atoms with van der Waals surface area (Å²) >= 11 is 1.31. The lowest BCUT2D eigenvalue weighted by molar-refractivity contribution is -0.116. The van der Waals surface area contributed by atoms with Gasteiger partial charge in [0, 0.05) is 29.7 Å². The number of aromatic nitrogens is 3. The van der Waals surface area contributed by atoms with E-state index in [1.807, 2.05) is 13.8 Å². The zero-order chi connectivity index (χ0) is 18.5. The number of aryl methyl sites for hydroxylation is 1. The highest BCUT2D eigenvalue weighted by molar-refractivity contribution is 7.14. The fraction of sp³-hybridized carbons (Fsp3) is 0.333. The molecule has 0 radical (unpaired) electrons. The molecule has 6 nitrogen and oxygen atoms in total. The molecule has 0 aliphatic heterocycles. The Morgan fingerprint density at radius 2 is 2.19 bits per heavy atom. The summed E-state index contributed by atoms with van der Waals surface area (Å²) in [6, 6.07) is 6.20. The van der Waals surface area contributed by atoms with Crippen molar-refractivity contribution in [3.8, 4) is 11.3 Å². The number of carbonyl (C=O) groups is 1. The minimum Gasteiger partial charge on any atom is -0.339 e. The minimum absolute atomic E-state index is 0.131. The normalized spacial score (nSPS) is 11.1. The van der Waals surface area contributed by atoms with Gasteiger partial charge in [-0.05, 0) is 18.6 Å². The number of hydrogen-bond donors (Lipinski definition) is 1. The van der Waals surface area contributed by atoms with E-state index in [0.29, 0.717) is 47.4 Å². The molecule has 136 valence electrons. The van der Waals surface area contributed by atoms with Crippen LogP contribution in [0, 0.1) is 5.82 Å². The van der Waals surface area contributed by atoms with Crippen LogP contribution >= 0.6 is 11.3 Å². The third kappa shape index (κ3) is 4.72. The first-order valence-corrected chi connectivity index (χ1v) is 9.23. The SMILES string of the molecule is CC(C)c1noc(CCCC(=O)Nc2nc(-c3cccc(F)c3)cs2)n1. The van der Waals surface area contributed by atoms with E-state index in [0.717, 1.165) is 0 Å². The number of carbonyl (C=O) groups excluding carboxylic acids is 1. The molecule has 0 aliphatic rings. The van der Waals surface area contributed by atoms with Crippen LogP contribution < -0.4 is 5.32 Å². The number of nitrogens with zero attached hydrogens (tertiary/aromatic N) is 3. The van der Waals surface area contributed by atoms with E-state index in [2.05, 4.69) is 20.4 Å². The van der Waals surface area contributed by atoms with Crippen LogP contribution in [0.2, 0.25) is 0 Å². The van der Waals surface area contributed by atoms with E-state index in [1.54, 1.807) is 17.5 Å². The summed E-state index contributed by atoms with van der Waals surface area (Å²) in [5.74, 6) is 0.991. The van der Waals surface area contributed by atoms with Crippen molar-refractivity contribution in [2.24, 2.45) is 0 Å². The Morgan fingerprint density at radius 1 is 1.35 bits per heavy atom. The smallest absolute Gasteiger partial charge is 0.226 e. The van der Waals surface area contributed by atoms with E-state index in [1.165, 1.54) is 23.5 Å². The highest BCUT2D eigenvalue weighted by Gasteiger charge is 2.12. The highest BCUT2D eigenvalue weighted by atomic mass is 32.1. The molecule has 2 aromatic heterocycles. The van der Waals surface area contributed by atoms with Crippen molar-refractivity contribution >= 4 is 22.4 Å². The van der Waals surface area contributed by atoms with Gasteiger partial charge in [0.15, 0.2) is 11.0 Å². The average Bonchev–Trinajstić information content (AvgIpc) is 3.24. The summed E-state index contributed by atoms with van der Waals surface area (Å²) < 4.78 is 18.4. The lowest BCUT2D eigenvalue weighted by Gasteiger charge is -2.00. The molecule has 0 unspecified atom stereocenters. The predicted octanol–water partition coefficient (Wildman–Crippen LogP) is 4.42. The van der Waals surface area contributed by atoms with Gasteiger partial charge in [-0.1, -0.05) is 31.1 Å². The minimum atomic E-state index is -0.317. The molecule has 0 atom stereocenters. The summed E-state index contributed by atoms with van der Waals surface area (Å²) in [6.45, 7) is 3.99. The maximum atomic E-state index is 13.3. The number of thiazole rings is 1. The number of anilines is 1. The summed E-state index contributed by atoms with van der Waals surface area (Å²) in [5.41, 5.74) is 1.32. The molecular weight excluding hydrogens is 355 g/mol. The van der Waals surface area contributed by atoms with Crippen molar-refractivity contribution < 1.29 is 13.7 Å². The molecule has 26 heavy (non-hydrogen) atoms. The van der Waals surface area contributed by atoms with E-state index in [9.17, 15) is 9.18 Å². The Labute approximate surface area is 154 Å². The van der Waals surface area contributed by atoms with Crippen LogP contribution in [0.4, 0.5) is 9.52 Å². The number of amides is 1. The Morgan fingerprint density at radius 3 is 2.92 bits per heavy atom. The largest absolute Gasteiger partial charge is 0.339 e. The van der Waals surface area contributed by atoms with Crippen LogP contribution in [0.25, 0.3) is 11.3 Å². The van der Waals surface area contributed by atoms with Crippen molar-refractivity contribution in [3.05, 3.63) is 47.2 Å². The maximum absolute atomic E-state index is 13.3. The monoisotopic (exact) mass is 374 g/mol. The molecule has 8 heteroatoms. The Hall–Kier alpha value is -2.61. The quantitative estimate of drug-likeness (QED) is 0.662. The standard InChI is InChI=1S/C18H19FN4O2S/c1-11(2)17-22-16(25-23-17)8-4-7-15(24)21-18-20-14(10-26-18)12-5-3-6-13(19)9-12/h3,5-6,9-11H,4,7-8H2,1-2H3,(H,20,21,24). The summed E-state index contributed by atoms with van der Waals surface area (Å²) in [6.07, 6.45) is 1.49. The molecule has 2 heterocycles. The van der Waals surface area contributed by atoms with Crippen molar-refractivity contribution in [2.45, 2.75) is 39.0 Å². The lowest BCUT2D eigenvalue weighted by atomic mass is 10.2. The summed E-state index contributed by atoms with van der Waals surface area (Å²) in [4.78, 5) is 20.7. The molecule has 0 spiro atoms. The molecule has 0 bridgehead atoms. The Balaban J connectivity index is 1.49. The highest BCUT2D eigenvalue weighted by Crippen LogP contribution is 2.25. The third-order valence-corrected chi connectivity index (χ3v) is 4.42. The second-order valence-corrected chi connectivity index (χ2v) is 7.01. The van der Waals surface area contributed by atoms with Crippen molar-refractivity contribution in [1.82, 2.24) is 15.1 Å². The van der Waals surface area contributed by atoms with Gasteiger partial charge in [-0.15, -0.1) is 11.3 Å². The topological polar surface area (TPSA) is 80.9 Å². The van der Waals surface area contributed by atoms with E-state index in [4.69, 9.17) is 4.52 Å². The lowest BCUT2D eigenvalue weighted by Crippen LogP contribution is -2.11. The van der Waals surface area contributed by atoms with Crippen molar-refractivity contribution in [2.75, 3.05) is 5.32 Å². The maximum Gasteiger partial charge on any atom is 0.226 e. The van der Waals surface area contributed by atoms with Crippen molar-refractivity contribution in [3.63, 3.8) is 0 Å². The number of halogens is 1. The van der Waals surface area contributed by atoms with Gasteiger partial charge in [-0.3, -0.25) is 4.79 Å². The van der Waals surface area contributed by atoms with Crippen LogP contribution in [0.5, 0.6) is 0 Å². The first-order valence-electron chi connectivity index (χ1n) is 8.35. The van der Waals surface area contributed by atoms with E-state index < -0.39 is 0 Å². The summed E-state index contributed by atoms with van der Waals surface area (Å²) in [5, 5.41) is 8.94. The number of benzene rings is 1. The predicted molar refractivity (Wildman–Crippen MR) is 97.5 cm³/mol. The molecule has 1 amide bonds. The van der Waals surface area contributed by atoms with Crippen LogP contribution in [0.1, 0.15) is 44.3 Å². The molecule has 3 aromatic rings. The number of rotatable bonds is 7. The van der Waals surface area contributed by atoms with Gasteiger partial charge in [0.1, 0.15) is 5.82 Å². The van der Waals surface area contributed by atoms with Gasteiger partial charge in [-0.25, -0.2) is 9.37 Å². The first-order chi connectivity index (χ1) is 12.5. The van der Waals surface area contributed by atoms with Crippen LogP contribution in [-0.2, 0) is 11.2 Å². The molecule has 1 N–H and O–H groups in total. The molecular formula is C18H19FN4O2S. The van der Waals surface area contributed by atoms with Gasteiger partial charge >= 0.3 is 0 Å². The van der Waals surface area contributed by atoms with Crippen LogP contribution in [0.15, 0.2) is 34.2 Å². The third-order valence-electron chi connectivity index (χ3n) is 3.67. The molecule has 0 aliphatic carbocycles. The van der Waals surface area contributed by atoms with Crippen LogP contribution in [0.3, 0.4) is 0 Å². The average molecular weight is 374 g/mol. The zero-order valence-electron chi connectivity index (χ0n) is 14.5. The van der Waals surface area contributed by atoms with E-state index >= 15 is 0 Å². The van der Waals surface area contributed by atoms with Crippen LogP contribution in [-0.4, -0.2) is 21.0 Å². The molecule has 0 saturated carbocycles. The fourth-order valence-electron chi connectivity index (χ4n) is 2.30. The van der Waals surface area contributed by atoms with Gasteiger partial charge in [0.05, 0.1) is 5.69 Å². The second-order valence-electron chi connectivity index (χ2n) is 6.15. The fourth-order valence-corrected chi connectivity index (χ4v) is 3.03. The van der Waals surface area contributed by atoms with Gasteiger partial charge in [-0.2, -0.15) is 4.98 Å². The molecule has 0 saturated heterocycles. The van der Waals surface area contributed by atoms with Gasteiger partial charge < -0.3 is 9.84 Å². The number of nitrogens with one attached hydrogen (secondary N) is 1. The molecule has 3 rings (SSSR count). The Kier molecular flexibility index (Phi) is 5.72. The van der Waals surface area contributed by atoms with Gasteiger partial charge in [0.25, 0.3) is 0 Å². The van der Waals surface area contributed by atoms with E-state index in [-0.39, 0.29) is 17.6 Å². The summed E-state index contributed by atoms with van der Waals surface area (Å²) in [7, 11) is 0. The van der Waals surface area contributed by atoms with Gasteiger partial charge in [0.2, 0.25) is 11.8 Å². The zero-order valence-corrected chi connectivity index (χ0v) is 15.3. The molecule has 0 fully saturated rings.